The summed E-state index contributed by atoms with van der Waals surface area (Å²) < 4.78 is 4.79. The molecule has 1 heterocycles. The minimum atomic E-state index is -0.607. The molecule has 0 spiro atoms. The maximum atomic E-state index is 11.8. The average molecular weight is 242 g/mol. The summed E-state index contributed by atoms with van der Waals surface area (Å²) in [6.45, 7) is 9.30. The molecule has 1 amide bonds. The molecule has 1 N–H and O–H groups in total. The number of esters is 1. The second-order valence-corrected chi connectivity index (χ2v) is 5.61. The summed E-state index contributed by atoms with van der Waals surface area (Å²) in [6, 6.07) is 0. The summed E-state index contributed by atoms with van der Waals surface area (Å²) >= 11 is 0. The van der Waals surface area contributed by atoms with Crippen molar-refractivity contribution in [2.24, 2.45) is 5.41 Å². The Balaban J connectivity index is 2.80. The monoisotopic (exact) mass is 242 g/mol. The third-order valence-electron chi connectivity index (χ3n) is 3.34. The van der Waals surface area contributed by atoms with Gasteiger partial charge in [0.15, 0.2) is 0 Å². The number of rotatable bonds is 3. The van der Waals surface area contributed by atoms with Crippen LogP contribution in [0.15, 0.2) is 0 Å². The van der Waals surface area contributed by atoms with Crippen LogP contribution < -0.4 is 5.32 Å². The predicted octanol–water partition coefficient (Wildman–Crippen LogP) is 0.396. The second-order valence-electron chi connectivity index (χ2n) is 5.61. The molecule has 5 nitrogen and oxygen atoms in total. The van der Waals surface area contributed by atoms with Crippen LogP contribution in [0.4, 0.5) is 0 Å². The van der Waals surface area contributed by atoms with Gasteiger partial charge in [-0.2, -0.15) is 0 Å². The summed E-state index contributed by atoms with van der Waals surface area (Å²) in [7, 11) is 1.39. The van der Waals surface area contributed by atoms with Gasteiger partial charge in [0.1, 0.15) is 0 Å². The molecule has 1 aliphatic heterocycles. The van der Waals surface area contributed by atoms with E-state index in [1.165, 1.54) is 7.11 Å². The first-order chi connectivity index (χ1) is 7.71. The molecule has 0 aromatic heterocycles. The van der Waals surface area contributed by atoms with Crippen molar-refractivity contribution in [3.05, 3.63) is 0 Å². The van der Waals surface area contributed by atoms with Crippen molar-refractivity contribution in [1.82, 2.24) is 10.2 Å². The number of piperazine rings is 1. The molecule has 0 aromatic carbocycles. The Hall–Kier alpha value is -1.10. The summed E-state index contributed by atoms with van der Waals surface area (Å²) in [4.78, 5) is 25.5. The fourth-order valence-corrected chi connectivity index (χ4v) is 2.04. The zero-order chi connectivity index (χ0) is 13.3. The largest absolute Gasteiger partial charge is 0.469 e. The van der Waals surface area contributed by atoms with Gasteiger partial charge < -0.3 is 10.1 Å². The predicted molar refractivity (Wildman–Crippen MR) is 64.5 cm³/mol. The minimum Gasteiger partial charge on any atom is -0.469 e. The lowest BCUT2D eigenvalue weighted by Crippen LogP contribution is -2.63. The molecule has 1 saturated heterocycles. The standard InChI is InChI=1S/C12H22N2O3/c1-11(2,10(16)17-5)8-14-7-6-13-9(15)12(14,3)4/h6-8H2,1-5H3,(H,13,15). The first-order valence-corrected chi connectivity index (χ1v) is 5.83. The van der Waals surface area contributed by atoms with Crippen molar-refractivity contribution in [1.29, 1.82) is 0 Å². The number of nitrogens with one attached hydrogen (secondary N) is 1. The molecule has 5 heteroatoms. The highest BCUT2D eigenvalue weighted by Gasteiger charge is 2.42. The fourth-order valence-electron chi connectivity index (χ4n) is 2.04. The first kappa shape index (κ1) is 14.0. The highest BCUT2D eigenvalue weighted by molar-refractivity contribution is 5.86. The van der Waals surface area contributed by atoms with Gasteiger partial charge in [-0.3, -0.25) is 14.5 Å². The summed E-state index contributed by atoms with van der Waals surface area (Å²) in [5.74, 6) is -0.247. The zero-order valence-electron chi connectivity index (χ0n) is 11.3. The van der Waals surface area contributed by atoms with Gasteiger partial charge >= 0.3 is 5.97 Å². The van der Waals surface area contributed by atoms with Gasteiger partial charge in [-0.15, -0.1) is 0 Å². The van der Waals surface area contributed by atoms with Crippen LogP contribution in [-0.4, -0.2) is 49.1 Å². The normalized spacial score (nSPS) is 20.9. The van der Waals surface area contributed by atoms with Crippen molar-refractivity contribution >= 4 is 11.9 Å². The average Bonchev–Trinajstić information content (AvgIpc) is 2.24. The van der Waals surface area contributed by atoms with Gasteiger partial charge in [0, 0.05) is 19.6 Å². The number of nitrogens with zero attached hydrogens (tertiary/aromatic N) is 1. The van der Waals surface area contributed by atoms with E-state index in [1.54, 1.807) is 0 Å². The van der Waals surface area contributed by atoms with Gasteiger partial charge in [-0.1, -0.05) is 0 Å². The van der Waals surface area contributed by atoms with Crippen molar-refractivity contribution in [2.75, 3.05) is 26.7 Å². The quantitative estimate of drug-likeness (QED) is 0.728. The summed E-state index contributed by atoms with van der Waals surface area (Å²) in [5.41, 5.74) is -1.19. The number of carbonyl (C=O) groups is 2. The number of carbonyl (C=O) groups excluding carboxylic acids is 2. The highest BCUT2D eigenvalue weighted by Crippen LogP contribution is 2.25. The highest BCUT2D eigenvalue weighted by atomic mass is 16.5. The Kier molecular flexibility index (Phi) is 3.81. The number of methoxy groups -OCH3 is 1. The van der Waals surface area contributed by atoms with E-state index in [0.29, 0.717) is 13.1 Å². The van der Waals surface area contributed by atoms with Crippen molar-refractivity contribution in [3.8, 4) is 0 Å². The molecule has 1 rings (SSSR count). The van der Waals surface area contributed by atoms with Crippen LogP contribution in [-0.2, 0) is 14.3 Å². The maximum absolute atomic E-state index is 11.8. The van der Waals surface area contributed by atoms with E-state index in [9.17, 15) is 9.59 Å². The summed E-state index contributed by atoms with van der Waals surface area (Å²) in [5, 5.41) is 2.83. The van der Waals surface area contributed by atoms with Crippen LogP contribution in [0.5, 0.6) is 0 Å². The van der Waals surface area contributed by atoms with Gasteiger partial charge in [-0.05, 0) is 27.7 Å². The third-order valence-corrected chi connectivity index (χ3v) is 3.34. The molecular weight excluding hydrogens is 220 g/mol. The summed E-state index contributed by atoms with van der Waals surface area (Å²) in [6.07, 6.45) is 0. The van der Waals surface area contributed by atoms with Crippen LogP contribution in [0.3, 0.4) is 0 Å². The molecule has 0 aromatic rings. The topological polar surface area (TPSA) is 58.6 Å². The van der Waals surface area contributed by atoms with Crippen molar-refractivity contribution in [2.45, 2.75) is 33.2 Å². The van der Waals surface area contributed by atoms with E-state index < -0.39 is 11.0 Å². The molecule has 17 heavy (non-hydrogen) atoms. The van der Waals surface area contributed by atoms with Crippen LogP contribution >= 0.6 is 0 Å². The van der Waals surface area contributed by atoms with Gasteiger partial charge in [0.25, 0.3) is 0 Å². The van der Waals surface area contributed by atoms with E-state index in [2.05, 4.69) is 5.32 Å². The lowest BCUT2D eigenvalue weighted by Gasteiger charge is -2.44. The molecular formula is C12H22N2O3. The molecule has 0 bridgehead atoms. The van der Waals surface area contributed by atoms with Crippen molar-refractivity contribution in [3.63, 3.8) is 0 Å². The van der Waals surface area contributed by atoms with Crippen molar-refractivity contribution < 1.29 is 14.3 Å². The van der Waals surface area contributed by atoms with Gasteiger partial charge in [0.2, 0.25) is 5.91 Å². The van der Waals surface area contributed by atoms with Crippen LogP contribution in [0.1, 0.15) is 27.7 Å². The van der Waals surface area contributed by atoms with Gasteiger partial charge in [0.05, 0.1) is 18.1 Å². The Bertz CT molecular complexity index is 324. The molecule has 1 aliphatic rings. The molecule has 1 fully saturated rings. The third kappa shape index (κ3) is 2.77. The number of ether oxygens (including phenoxy) is 1. The van der Waals surface area contributed by atoms with E-state index in [0.717, 1.165) is 6.54 Å². The molecule has 0 atom stereocenters. The second kappa shape index (κ2) is 4.64. The number of hydrogen-bond acceptors (Lipinski definition) is 4. The zero-order valence-corrected chi connectivity index (χ0v) is 11.3. The molecule has 0 aliphatic carbocycles. The van der Waals surface area contributed by atoms with Gasteiger partial charge in [-0.25, -0.2) is 0 Å². The van der Waals surface area contributed by atoms with E-state index in [4.69, 9.17) is 4.74 Å². The Labute approximate surface area is 102 Å². The SMILES string of the molecule is COC(=O)C(C)(C)CN1CCNC(=O)C1(C)C. The number of hydrogen-bond donors (Lipinski definition) is 1. The maximum Gasteiger partial charge on any atom is 0.312 e. The lowest BCUT2D eigenvalue weighted by atomic mass is 9.89. The Morgan fingerprint density at radius 3 is 2.65 bits per heavy atom. The van der Waals surface area contributed by atoms with E-state index in [-0.39, 0.29) is 11.9 Å². The van der Waals surface area contributed by atoms with E-state index in [1.807, 2.05) is 32.6 Å². The first-order valence-electron chi connectivity index (χ1n) is 5.83. The van der Waals surface area contributed by atoms with E-state index >= 15 is 0 Å². The Morgan fingerprint density at radius 2 is 2.12 bits per heavy atom. The number of amides is 1. The minimum absolute atomic E-state index is 0.00409. The van der Waals surface area contributed by atoms with Crippen LogP contribution in [0.25, 0.3) is 0 Å². The molecule has 98 valence electrons. The Morgan fingerprint density at radius 1 is 1.53 bits per heavy atom. The molecule has 0 radical (unpaired) electrons. The smallest absolute Gasteiger partial charge is 0.312 e. The van der Waals surface area contributed by atoms with Crippen LogP contribution in [0.2, 0.25) is 0 Å². The molecule has 0 saturated carbocycles. The van der Waals surface area contributed by atoms with Crippen LogP contribution in [0, 0.1) is 5.41 Å². The fraction of sp³-hybridized carbons (Fsp3) is 0.833. The lowest BCUT2D eigenvalue weighted by molar-refractivity contribution is -0.154. The molecule has 0 unspecified atom stereocenters.